The van der Waals surface area contributed by atoms with Crippen molar-refractivity contribution in [3.8, 4) is 0 Å². The molecular weight excluding hydrogens is 392 g/mol. The average Bonchev–Trinajstić information content (AvgIpc) is 3.38. The van der Waals surface area contributed by atoms with Gasteiger partial charge in [0, 0.05) is 11.9 Å². The van der Waals surface area contributed by atoms with Crippen LogP contribution < -0.4 is 10.0 Å². The fourth-order valence-electron chi connectivity index (χ4n) is 4.72. The second-order valence-electron chi connectivity index (χ2n) is 8.21. The topological polar surface area (TPSA) is 113 Å². The Morgan fingerprint density at radius 1 is 1.10 bits per heavy atom. The molecule has 0 atom stereocenters. The van der Waals surface area contributed by atoms with Gasteiger partial charge in [0.05, 0.1) is 12.1 Å². The number of amides is 2. The predicted molar refractivity (Wildman–Crippen MR) is 106 cm³/mol. The summed E-state index contributed by atoms with van der Waals surface area (Å²) in [4.78, 5) is 12.6. The lowest BCUT2D eigenvalue weighted by atomic mass is 9.90. The zero-order chi connectivity index (χ0) is 20.2. The van der Waals surface area contributed by atoms with Crippen LogP contribution in [0.25, 0.3) is 0 Å². The van der Waals surface area contributed by atoms with Gasteiger partial charge in [-0.05, 0) is 79.7 Å². The number of sulfonamides is 1. The van der Waals surface area contributed by atoms with Crippen LogP contribution in [0.1, 0.15) is 54.0 Å². The molecule has 3 aliphatic carbocycles. The molecule has 29 heavy (non-hydrogen) atoms. The highest BCUT2D eigenvalue weighted by Gasteiger charge is 2.31. The molecule has 0 radical (unpaired) electrons. The molecular formula is C20H24N4O4S. The molecule has 1 aromatic heterocycles. The number of aryl methyl sites for hydroxylation is 2. The monoisotopic (exact) mass is 416 g/mol. The van der Waals surface area contributed by atoms with Gasteiger partial charge in [0.25, 0.3) is 10.0 Å². The van der Waals surface area contributed by atoms with Crippen molar-refractivity contribution in [3.63, 3.8) is 0 Å². The van der Waals surface area contributed by atoms with E-state index < -0.39 is 16.1 Å². The van der Waals surface area contributed by atoms with E-state index in [0.717, 1.165) is 55.3 Å². The van der Waals surface area contributed by atoms with Crippen LogP contribution in [0.5, 0.6) is 0 Å². The predicted octanol–water partition coefficient (Wildman–Crippen LogP) is 2.07. The number of carbonyl (C=O) groups excluding carboxylic acids is 1. The quantitative estimate of drug-likeness (QED) is 0.706. The van der Waals surface area contributed by atoms with Gasteiger partial charge in [0.2, 0.25) is 0 Å². The molecule has 3 N–H and O–H groups in total. The number of aliphatic hydroxyl groups excluding tert-OH is 1. The maximum absolute atomic E-state index is 12.6. The first-order valence-corrected chi connectivity index (χ1v) is 11.6. The second kappa shape index (κ2) is 6.84. The number of carbonyl (C=O) groups is 1. The SMILES string of the molecule is O=C(Nc1c2c(cc3c1CCC3)CCC2)NS(=O)(=O)c1ccn(C2CC(O)C2)n1. The summed E-state index contributed by atoms with van der Waals surface area (Å²) in [5.74, 6) is 0. The lowest BCUT2D eigenvalue weighted by Crippen LogP contribution is -2.35. The van der Waals surface area contributed by atoms with Crippen LogP contribution in [-0.2, 0) is 35.7 Å². The van der Waals surface area contributed by atoms with Gasteiger partial charge in [0.15, 0.2) is 5.03 Å². The Morgan fingerprint density at radius 3 is 2.38 bits per heavy atom. The van der Waals surface area contributed by atoms with Crippen molar-refractivity contribution in [2.45, 2.75) is 68.5 Å². The van der Waals surface area contributed by atoms with E-state index in [-0.39, 0.29) is 17.2 Å². The molecule has 1 fully saturated rings. The van der Waals surface area contributed by atoms with Crippen LogP contribution in [0, 0.1) is 0 Å². The van der Waals surface area contributed by atoms with Crippen LogP contribution in [0.4, 0.5) is 10.5 Å². The lowest BCUT2D eigenvalue weighted by molar-refractivity contribution is 0.0429. The summed E-state index contributed by atoms with van der Waals surface area (Å²) < 4.78 is 28.9. The van der Waals surface area contributed by atoms with Crippen molar-refractivity contribution in [2.24, 2.45) is 0 Å². The molecule has 5 rings (SSSR count). The first-order valence-electron chi connectivity index (χ1n) is 10.1. The van der Waals surface area contributed by atoms with Crippen molar-refractivity contribution in [2.75, 3.05) is 5.32 Å². The third kappa shape index (κ3) is 3.32. The first kappa shape index (κ1) is 18.6. The van der Waals surface area contributed by atoms with E-state index in [1.54, 1.807) is 6.20 Å². The van der Waals surface area contributed by atoms with Gasteiger partial charge < -0.3 is 10.4 Å². The van der Waals surface area contributed by atoms with Crippen LogP contribution >= 0.6 is 0 Å². The maximum atomic E-state index is 12.6. The van der Waals surface area contributed by atoms with E-state index in [1.807, 2.05) is 0 Å². The summed E-state index contributed by atoms with van der Waals surface area (Å²) in [7, 11) is -4.07. The Balaban J connectivity index is 1.34. The Kier molecular flexibility index (Phi) is 4.40. The number of anilines is 1. The van der Waals surface area contributed by atoms with Crippen LogP contribution in [0.3, 0.4) is 0 Å². The number of urea groups is 1. The highest BCUT2D eigenvalue weighted by molar-refractivity contribution is 7.90. The number of aliphatic hydroxyl groups is 1. The molecule has 0 spiro atoms. The molecule has 0 bridgehead atoms. The third-order valence-corrected chi connectivity index (χ3v) is 7.48. The van der Waals surface area contributed by atoms with Gasteiger partial charge in [-0.1, -0.05) is 6.07 Å². The molecule has 0 saturated heterocycles. The van der Waals surface area contributed by atoms with Crippen molar-refractivity contribution >= 4 is 21.7 Å². The summed E-state index contributed by atoms with van der Waals surface area (Å²) >= 11 is 0. The number of hydrogen-bond acceptors (Lipinski definition) is 5. The minimum absolute atomic E-state index is 0.00253. The smallest absolute Gasteiger partial charge is 0.333 e. The first-order chi connectivity index (χ1) is 13.9. The number of rotatable bonds is 4. The minimum atomic E-state index is -4.07. The Morgan fingerprint density at radius 2 is 1.76 bits per heavy atom. The summed E-state index contributed by atoms with van der Waals surface area (Å²) in [6, 6.07) is 2.87. The van der Waals surface area contributed by atoms with E-state index in [0.29, 0.717) is 12.8 Å². The number of benzene rings is 1. The van der Waals surface area contributed by atoms with Crippen molar-refractivity contribution in [1.82, 2.24) is 14.5 Å². The molecule has 2 amide bonds. The van der Waals surface area contributed by atoms with E-state index in [9.17, 15) is 18.3 Å². The van der Waals surface area contributed by atoms with E-state index in [4.69, 9.17) is 0 Å². The summed E-state index contributed by atoms with van der Waals surface area (Å²) in [5, 5.41) is 16.1. The third-order valence-electron chi connectivity index (χ3n) is 6.26. The standard InChI is InChI=1S/C20H24N4O4S/c25-15-10-14(11-15)24-8-7-18(22-24)29(27,28)23-20(26)21-19-16-5-1-3-12(16)9-13-4-2-6-17(13)19/h7-9,14-15,25H,1-6,10-11H2,(H2,21,23,26). The number of aromatic nitrogens is 2. The molecule has 1 aromatic carbocycles. The number of nitrogens with one attached hydrogen (secondary N) is 2. The van der Waals surface area contributed by atoms with Gasteiger partial charge in [-0.25, -0.2) is 9.52 Å². The molecule has 0 unspecified atom stereocenters. The average molecular weight is 417 g/mol. The van der Waals surface area contributed by atoms with E-state index in [2.05, 4.69) is 21.2 Å². The zero-order valence-electron chi connectivity index (χ0n) is 16.0. The van der Waals surface area contributed by atoms with Crippen molar-refractivity contribution < 1.29 is 18.3 Å². The highest BCUT2D eigenvalue weighted by atomic mass is 32.2. The molecule has 3 aliphatic rings. The van der Waals surface area contributed by atoms with Crippen LogP contribution in [-0.4, -0.2) is 35.4 Å². The zero-order valence-corrected chi connectivity index (χ0v) is 16.8. The Bertz CT molecular complexity index is 1050. The van der Waals surface area contributed by atoms with E-state index >= 15 is 0 Å². The van der Waals surface area contributed by atoms with Crippen LogP contribution in [0.2, 0.25) is 0 Å². The van der Waals surface area contributed by atoms with Gasteiger partial charge in [-0.3, -0.25) is 4.68 Å². The molecule has 0 aliphatic heterocycles. The Labute approximate surface area is 169 Å². The fourth-order valence-corrected chi connectivity index (χ4v) is 5.56. The van der Waals surface area contributed by atoms with E-state index in [1.165, 1.54) is 21.9 Å². The maximum Gasteiger partial charge on any atom is 0.333 e. The van der Waals surface area contributed by atoms with Gasteiger partial charge in [-0.2, -0.15) is 13.5 Å². The molecule has 9 heteroatoms. The molecule has 1 saturated carbocycles. The Hall–Kier alpha value is -2.39. The number of fused-ring (bicyclic) bond motifs is 2. The second-order valence-corrected chi connectivity index (χ2v) is 9.84. The largest absolute Gasteiger partial charge is 0.393 e. The molecule has 1 heterocycles. The summed E-state index contributed by atoms with van der Waals surface area (Å²) in [6.07, 6.45) is 8.25. The normalized spacial score (nSPS) is 22.7. The van der Waals surface area contributed by atoms with Crippen LogP contribution in [0.15, 0.2) is 23.4 Å². The lowest BCUT2D eigenvalue weighted by Gasteiger charge is -2.31. The van der Waals surface area contributed by atoms with Gasteiger partial charge >= 0.3 is 6.03 Å². The highest BCUT2D eigenvalue weighted by Crippen LogP contribution is 2.38. The molecule has 8 nitrogen and oxygen atoms in total. The number of hydrogen-bond donors (Lipinski definition) is 3. The molecule has 2 aromatic rings. The van der Waals surface area contributed by atoms with Crippen molar-refractivity contribution in [1.29, 1.82) is 0 Å². The van der Waals surface area contributed by atoms with Crippen molar-refractivity contribution in [3.05, 3.63) is 40.6 Å². The summed E-state index contributed by atoms with van der Waals surface area (Å²) in [6.45, 7) is 0. The molecule has 154 valence electrons. The summed E-state index contributed by atoms with van der Waals surface area (Å²) in [5.41, 5.74) is 5.63. The fraction of sp³-hybridized carbons (Fsp3) is 0.500. The van der Waals surface area contributed by atoms with Gasteiger partial charge in [-0.15, -0.1) is 0 Å². The minimum Gasteiger partial charge on any atom is -0.393 e. The number of nitrogens with zero attached hydrogens (tertiary/aromatic N) is 2. The van der Waals surface area contributed by atoms with Gasteiger partial charge in [0.1, 0.15) is 0 Å².